The average Bonchev–Trinajstić information content (AvgIpc) is 3.84. The number of benzene rings is 3. The number of nitrogens with zero attached hydrogens (tertiary/aromatic N) is 5. The highest BCUT2D eigenvalue weighted by Crippen LogP contribution is 2.42. The molecule has 5 fully saturated rings. The van der Waals surface area contributed by atoms with E-state index in [1.165, 1.54) is 6.08 Å². The number of nitrogens with one attached hydrogen (secondary N) is 1. The SMILES string of the molecule is O=C1NC(=O)/C(=C/C(=O)N2[C@@H]3CC[C@H]2CN(c2nc(OCC45CCCN4CCC5)nc4c(F)c(-c5cc(O)cc6ccccc56)ccc24)C3)S1. The summed E-state index contributed by atoms with van der Waals surface area (Å²) in [7, 11) is 0. The van der Waals surface area contributed by atoms with Crippen LogP contribution in [0.3, 0.4) is 0 Å². The van der Waals surface area contributed by atoms with Gasteiger partial charge in [-0.15, -0.1) is 0 Å². The quantitative estimate of drug-likeness (QED) is 0.255. The van der Waals surface area contributed by atoms with E-state index in [2.05, 4.69) is 15.1 Å². The molecule has 11 nitrogen and oxygen atoms in total. The molecule has 3 amide bonds. The van der Waals surface area contributed by atoms with Crippen molar-refractivity contribution < 1.29 is 28.6 Å². The number of carbonyl (C=O) groups excluding carboxylic acids is 3. The third-order valence-corrected chi connectivity index (χ3v) is 11.9. The Hall–Kier alpha value is -4.75. The zero-order valence-corrected chi connectivity index (χ0v) is 28.0. The Bertz CT molecular complexity index is 2120. The van der Waals surface area contributed by atoms with E-state index in [-0.39, 0.29) is 45.7 Å². The molecule has 0 radical (unpaired) electrons. The largest absolute Gasteiger partial charge is 0.508 e. The lowest BCUT2D eigenvalue weighted by molar-refractivity contribution is -0.129. The minimum atomic E-state index is -0.558. The maximum atomic E-state index is 16.9. The first-order valence-corrected chi connectivity index (χ1v) is 18.0. The topological polar surface area (TPSA) is 128 Å². The van der Waals surface area contributed by atoms with E-state index in [0.717, 1.165) is 74.1 Å². The van der Waals surface area contributed by atoms with E-state index in [4.69, 9.17) is 14.7 Å². The van der Waals surface area contributed by atoms with Crippen LogP contribution in [0.5, 0.6) is 11.8 Å². The highest BCUT2D eigenvalue weighted by Gasteiger charge is 2.46. The molecule has 256 valence electrons. The Kier molecular flexibility index (Phi) is 7.46. The summed E-state index contributed by atoms with van der Waals surface area (Å²) >= 11 is 0.731. The maximum absolute atomic E-state index is 16.9. The zero-order chi connectivity index (χ0) is 34.1. The number of piperazine rings is 1. The van der Waals surface area contributed by atoms with E-state index < -0.39 is 17.0 Å². The van der Waals surface area contributed by atoms with Gasteiger partial charge in [-0.2, -0.15) is 9.97 Å². The predicted molar refractivity (Wildman–Crippen MR) is 187 cm³/mol. The van der Waals surface area contributed by atoms with Gasteiger partial charge in [0.1, 0.15) is 23.7 Å². The molecule has 0 aliphatic carbocycles. The fourth-order valence-electron chi connectivity index (χ4n) is 8.86. The van der Waals surface area contributed by atoms with Crippen molar-refractivity contribution in [1.29, 1.82) is 0 Å². The Morgan fingerprint density at radius 1 is 1.02 bits per heavy atom. The monoisotopic (exact) mass is 694 g/mol. The smallest absolute Gasteiger partial charge is 0.319 e. The number of hydrogen-bond donors (Lipinski definition) is 2. The highest BCUT2D eigenvalue weighted by molar-refractivity contribution is 8.18. The standard InChI is InChI=1S/C37H35FN6O5S/c38-31-26(28-16-24(45)15-21-5-1-2-6-25(21)28)9-10-27-32(31)39-35(49-20-37-11-3-13-43(37)14-4-12-37)40-33(27)42-18-22-7-8-23(19-42)44(22)30(46)17-29-34(47)41-36(48)50-29/h1-2,5-6,9-10,15-17,22-23,45H,3-4,7-8,11-14,18-20H2,(H,41,47,48)/b29-17-/t22-,23+. The van der Waals surface area contributed by atoms with Gasteiger partial charge >= 0.3 is 6.01 Å². The highest BCUT2D eigenvalue weighted by atomic mass is 32.2. The summed E-state index contributed by atoms with van der Waals surface area (Å²) in [6.45, 7) is 3.42. The van der Waals surface area contributed by atoms with Crippen molar-refractivity contribution in [3.05, 3.63) is 65.3 Å². The van der Waals surface area contributed by atoms with Gasteiger partial charge in [-0.1, -0.05) is 30.3 Å². The zero-order valence-electron chi connectivity index (χ0n) is 27.2. The molecule has 0 saturated carbocycles. The number of phenols is 1. The van der Waals surface area contributed by atoms with Gasteiger partial charge in [0.25, 0.3) is 11.1 Å². The number of hydrogen-bond acceptors (Lipinski definition) is 10. The first kappa shape index (κ1) is 31.2. The summed E-state index contributed by atoms with van der Waals surface area (Å²) in [6.07, 6.45) is 7.11. The molecule has 5 saturated heterocycles. The van der Waals surface area contributed by atoms with E-state index in [1.807, 2.05) is 30.3 Å². The molecule has 6 heterocycles. The number of anilines is 1. The van der Waals surface area contributed by atoms with Gasteiger partial charge in [0.05, 0.1) is 10.4 Å². The third kappa shape index (κ3) is 5.17. The van der Waals surface area contributed by atoms with Gasteiger partial charge < -0.3 is 19.6 Å². The molecule has 2 bridgehead atoms. The number of fused-ring (bicyclic) bond motifs is 5. The Morgan fingerprint density at radius 2 is 1.78 bits per heavy atom. The summed E-state index contributed by atoms with van der Waals surface area (Å²) in [5.74, 6) is -0.801. The second-order valence-corrected chi connectivity index (χ2v) is 15.0. The van der Waals surface area contributed by atoms with Crippen molar-refractivity contribution >= 4 is 56.3 Å². The minimum Gasteiger partial charge on any atom is -0.508 e. The van der Waals surface area contributed by atoms with E-state index in [9.17, 15) is 19.5 Å². The molecule has 5 aliphatic rings. The Morgan fingerprint density at radius 3 is 2.52 bits per heavy atom. The molecule has 0 unspecified atom stereocenters. The number of halogens is 1. The normalized spacial score (nSPS) is 23.7. The summed E-state index contributed by atoms with van der Waals surface area (Å²) in [4.78, 5) is 53.3. The van der Waals surface area contributed by atoms with Crippen molar-refractivity contribution in [2.45, 2.75) is 56.1 Å². The second-order valence-electron chi connectivity index (χ2n) is 14.0. The third-order valence-electron chi connectivity index (χ3n) is 11.1. The van der Waals surface area contributed by atoms with Crippen LogP contribution in [0, 0.1) is 5.82 Å². The molecule has 0 spiro atoms. The second kappa shape index (κ2) is 11.9. The van der Waals surface area contributed by atoms with Crippen LogP contribution in [-0.4, -0.2) is 92.3 Å². The number of aromatic nitrogens is 2. The number of carbonyl (C=O) groups is 3. The molecule has 50 heavy (non-hydrogen) atoms. The molecule has 3 aromatic carbocycles. The minimum absolute atomic E-state index is 0.0415. The molecule has 4 aromatic rings. The van der Waals surface area contributed by atoms with Gasteiger partial charge in [-0.3, -0.25) is 24.6 Å². The summed E-state index contributed by atoms with van der Waals surface area (Å²) in [6, 6.07) is 14.1. The predicted octanol–water partition coefficient (Wildman–Crippen LogP) is 5.35. The number of imide groups is 1. The van der Waals surface area contributed by atoms with Gasteiger partial charge in [-0.05, 0) is 97.9 Å². The molecule has 1 aromatic heterocycles. The fourth-order valence-corrected chi connectivity index (χ4v) is 9.51. The molecule has 2 N–H and O–H groups in total. The summed E-state index contributed by atoms with van der Waals surface area (Å²) < 4.78 is 23.3. The van der Waals surface area contributed by atoms with Crippen molar-refractivity contribution in [3.8, 4) is 22.9 Å². The molecular formula is C37H35FN6O5S. The van der Waals surface area contributed by atoms with Crippen molar-refractivity contribution in [1.82, 2.24) is 25.1 Å². The van der Waals surface area contributed by atoms with Gasteiger partial charge in [0.15, 0.2) is 5.82 Å². The van der Waals surface area contributed by atoms with Crippen LogP contribution < -0.4 is 15.0 Å². The Balaban J connectivity index is 1.10. The van der Waals surface area contributed by atoms with Crippen LogP contribution >= 0.6 is 11.8 Å². The van der Waals surface area contributed by atoms with Crippen LogP contribution in [0.1, 0.15) is 38.5 Å². The Labute approximate surface area is 291 Å². The molecule has 9 rings (SSSR count). The van der Waals surface area contributed by atoms with E-state index >= 15 is 4.39 Å². The van der Waals surface area contributed by atoms with Crippen LogP contribution in [0.4, 0.5) is 15.0 Å². The summed E-state index contributed by atoms with van der Waals surface area (Å²) in [5.41, 5.74) is 0.946. The number of phenolic OH excluding ortho intramolecular Hbond substituents is 1. The number of rotatable bonds is 6. The van der Waals surface area contributed by atoms with Gasteiger partial charge in [0.2, 0.25) is 5.91 Å². The molecule has 2 atom stereocenters. The lowest BCUT2D eigenvalue weighted by atomic mass is 9.95. The van der Waals surface area contributed by atoms with Crippen molar-refractivity contribution in [2.75, 3.05) is 37.7 Å². The first-order valence-electron chi connectivity index (χ1n) is 17.2. The molecule has 5 aliphatic heterocycles. The number of aromatic hydroxyl groups is 1. The summed E-state index contributed by atoms with van der Waals surface area (Å²) in [5, 5.41) is 14.4. The average molecular weight is 695 g/mol. The van der Waals surface area contributed by atoms with Crippen molar-refractivity contribution in [2.24, 2.45) is 0 Å². The molecule has 13 heteroatoms. The van der Waals surface area contributed by atoms with Crippen LogP contribution in [0.15, 0.2) is 59.5 Å². The molecular weight excluding hydrogens is 660 g/mol. The first-order chi connectivity index (χ1) is 24.3. The number of ether oxygens (including phenoxy) is 1. The lowest BCUT2D eigenvalue weighted by Crippen LogP contribution is -2.55. The van der Waals surface area contributed by atoms with Crippen molar-refractivity contribution in [3.63, 3.8) is 0 Å². The van der Waals surface area contributed by atoms with Gasteiger partial charge in [-0.25, -0.2) is 4.39 Å². The number of amides is 3. The van der Waals surface area contributed by atoms with E-state index in [0.29, 0.717) is 42.0 Å². The van der Waals surface area contributed by atoms with E-state index in [1.54, 1.807) is 23.1 Å². The lowest BCUT2D eigenvalue weighted by Gasteiger charge is -2.41. The van der Waals surface area contributed by atoms with Gasteiger partial charge in [0, 0.05) is 42.2 Å². The van der Waals surface area contributed by atoms with Crippen LogP contribution in [-0.2, 0) is 9.59 Å². The maximum Gasteiger partial charge on any atom is 0.319 e. The number of thioether (sulfide) groups is 1. The van der Waals surface area contributed by atoms with Crippen LogP contribution in [0.2, 0.25) is 0 Å². The fraction of sp³-hybridized carbons (Fsp3) is 0.378. The van der Waals surface area contributed by atoms with Crippen LogP contribution in [0.25, 0.3) is 32.8 Å².